The molecule has 0 unspecified atom stereocenters. The standard InChI is InChI=1S/C9H6ClNO2/c10-6-1-2-7-5(3-6)4-8(11-7)9(12)13/h1-3H,4H2,(H,12,13). The van der Waals surface area contributed by atoms with Gasteiger partial charge in [-0.15, -0.1) is 0 Å². The van der Waals surface area contributed by atoms with E-state index in [1.165, 1.54) is 0 Å². The van der Waals surface area contributed by atoms with E-state index in [0.29, 0.717) is 17.1 Å². The lowest BCUT2D eigenvalue weighted by molar-refractivity contribution is -0.129. The molecular formula is C9H6ClNO2. The van der Waals surface area contributed by atoms with E-state index in [1.54, 1.807) is 18.2 Å². The smallest absolute Gasteiger partial charge is 0.350 e. The Hall–Kier alpha value is -1.35. The molecule has 0 fully saturated rings. The van der Waals surface area contributed by atoms with Crippen molar-refractivity contribution in [2.45, 2.75) is 6.42 Å². The summed E-state index contributed by atoms with van der Waals surface area (Å²) in [5.74, 6) is -0.965. The van der Waals surface area contributed by atoms with Crippen molar-refractivity contribution in [3.05, 3.63) is 28.8 Å². The second kappa shape index (κ2) is 2.85. The number of carboxylic acids is 1. The van der Waals surface area contributed by atoms with Gasteiger partial charge < -0.3 is 5.11 Å². The highest BCUT2D eigenvalue weighted by Crippen LogP contribution is 2.29. The first-order valence-electron chi connectivity index (χ1n) is 3.76. The number of hydrogen-bond acceptors (Lipinski definition) is 2. The minimum atomic E-state index is -0.965. The molecule has 1 aliphatic heterocycles. The largest absolute Gasteiger partial charge is 0.477 e. The van der Waals surface area contributed by atoms with Gasteiger partial charge in [0.05, 0.1) is 5.69 Å². The molecule has 66 valence electrons. The van der Waals surface area contributed by atoms with Crippen molar-refractivity contribution < 1.29 is 9.90 Å². The molecule has 0 aromatic heterocycles. The van der Waals surface area contributed by atoms with Gasteiger partial charge in [-0.1, -0.05) is 11.6 Å². The summed E-state index contributed by atoms with van der Waals surface area (Å²) in [4.78, 5) is 14.5. The van der Waals surface area contributed by atoms with E-state index < -0.39 is 5.97 Å². The number of aliphatic carboxylic acids is 1. The summed E-state index contributed by atoms with van der Waals surface area (Å²) in [6.45, 7) is 0. The summed E-state index contributed by atoms with van der Waals surface area (Å²) in [6, 6.07) is 5.18. The zero-order valence-electron chi connectivity index (χ0n) is 6.62. The number of rotatable bonds is 1. The highest BCUT2D eigenvalue weighted by molar-refractivity contribution is 6.38. The van der Waals surface area contributed by atoms with Crippen LogP contribution in [0.15, 0.2) is 23.2 Å². The van der Waals surface area contributed by atoms with Crippen LogP contribution in [-0.2, 0) is 11.2 Å². The molecule has 0 saturated heterocycles. The SMILES string of the molecule is O=C(O)C1=Nc2ccc(Cl)cc2C1. The first kappa shape index (κ1) is 8.26. The van der Waals surface area contributed by atoms with Crippen LogP contribution in [0.3, 0.4) is 0 Å². The van der Waals surface area contributed by atoms with Crippen molar-refractivity contribution in [2.75, 3.05) is 0 Å². The third-order valence-electron chi connectivity index (χ3n) is 1.90. The molecule has 0 spiro atoms. The number of carbonyl (C=O) groups is 1. The second-order valence-electron chi connectivity index (χ2n) is 2.81. The molecule has 0 bridgehead atoms. The Morgan fingerprint density at radius 3 is 3.00 bits per heavy atom. The number of fused-ring (bicyclic) bond motifs is 1. The van der Waals surface area contributed by atoms with Gasteiger partial charge >= 0.3 is 5.97 Å². The molecule has 0 radical (unpaired) electrons. The molecule has 3 nitrogen and oxygen atoms in total. The Morgan fingerprint density at radius 2 is 2.31 bits per heavy atom. The Labute approximate surface area is 79.7 Å². The first-order chi connectivity index (χ1) is 6.16. The highest BCUT2D eigenvalue weighted by Gasteiger charge is 2.19. The Morgan fingerprint density at radius 1 is 1.54 bits per heavy atom. The van der Waals surface area contributed by atoms with Crippen LogP contribution >= 0.6 is 11.6 Å². The summed E-state index contributed by atoms with van der Waals surface area (Å²) in [7, 11) is 0. The summed E-state index contributed by atoms with van der Waals surface area (Å²) in [5, 5.41) is 9.30. The van der Waals surface area contributed by atoms with Crippen molar-refractivity contribution >= 4 is 29.0 Å². The Balaban J connectivity index is 2.41. The zero-order valence-corrected chi connectivity index (χ0v) is 7.38. The average Bonchev–Trinajstić information content (AvgIpc) is 2.46. The summed E-state index contributed by atoms with van der Waals surface area (Å²) in [6.07, 6.45) is 0.366. The lowest BCUT2D eigenvalue weighted by atomic mass is 10.1. The third kappa shape index (κ3) is 1.42. The van der Waals surface area contributed by atoms with E-state index in [-0.39, 0.29) is 5.71 Å². The second-order valence-corrected chi connectivity index (χ2v) is 3.25. The molecule has 1 heterocycles. The maximum Gasteiger partial charge on any atom is 0.350 e. The third-order valence-corrected chi connectivity index (χ3v) is 2.14. The lowest BCUT2D eigenvalue weighted by Gasteiger charge is -1.95. The van der Waals surface area contributed by atoms with Gasteiger partial charge in [0.25, 0.3) is 0 Å². The van der Waals surface area contributed by atoms with Crippen LogP contribution in [0.25, 0.3) is 0 Å². The van der Waals surface area contributed by atoms with E-state index in [9.17, 15) is 4.79 Å². The van der Waals surface area contributed by atoms with Gasteiger partial charge in [0.2, 0.25) is 0 Å². The summed E-state index contributed by atoms with van der Waals surface area (Å²) >= 11 is 5.75. The molecule has 1 aliphatic rings. The molecule has 0 aliphatic carbocycles. The molecule has 1 aromatic rings. The van der Waals surface area contributed by atoms with Crippen molar-refractivity contribution in [3.63, 3.8) is 0 Å². The molecule has 0 amide bonds. The van der Waals surface area contributed by atoms with Crippen LogP contribution < -0.4 is 0 Å². The Kier molecular flexibility index (Phi) is 1.81. The fraction of sp³-hybridized carbons (Fsp3) is 0.111. The first-order valence-corrected chi connectivity index (χ1v) is 4.14. The zero-order chi connectivity index (χ0) is 9.42. The van der Waals surface area contributed by atoms with Crippen LogP contribution in [0.2, 0.25) is 5.02 Å². The maximum absolute atomic E-state index is 10.6. The van der Waals surface area contributed by atoms with Crippen molar-refractivity contribution in [3.8, 4) is 0 Å². The van der Waals surface area contributed by atoms with Crippen LogP contribution in [0.4, 0.5) is 5.69 Å². The lowest BCUT2D eigenvalue weighted by Crippen LogP contribution is -2.11. The molecular weight excluding hydrogens is 190 g/mol. The van der Waals surface area contributed by atoms with E-state index >= 15 is 0 Å². The van der Waals surface area contributed by atoms with Crippen molar-refractivity contribution in [1.29, 1.82) is 0 Å². The monoisotopic (exact) mass is 195 g/mol. The average molecular weight is 196 g/mol. The van der Waals surface area contributed by atoms with Gasteiger partial charge in [-0.2, -0.15) is 0 Å². The topological polar surface area (TPSA) is 49.7 Å². The van der Waals surface area contributed by atoms with Gasteiger partial charge in [0.15, 0.2) is 0 Å². The van der Waals surface area contributed by atoms with E-state index in [4.69, 9.17) is 16.7 Å². The van der Waals surface area contributed by atoms with Gasteiger partial charge in [0.1, 0.15) is 5.71 Å². The number of hydrogen-bond donors (Lipinski definition) is 1. The summed E-state index contributed by atoms with van der Waals surface area (Å²) < 4.78 is 0. The molecule has 13 heavy (non-hydrogen) atoms. The molecule has 0 atom stereocenters. The minimum absolute atomic E-state index is 0.178. The summed E-state index contributed by atoms with van der Waals surface area (Å²) in [5.41, 5.74) is 1.77. The molecule has 4 heteroatoms. The van der Waals surface area contributed by atoms with Crippen molar-refractivity contribution in [1.82, 2.24) is 0 Å². The predicted octanol–water partition coefficient (Wildman–Crippen LogP) is 2.05. The number of nitrogens with zero attached hydrogens (tertiary/aromatic N) is 1. The maximum atomic E-state index is 10.6. The molecule has 1 aromatic carbocycles. The fourth-order valence-corrected chi connectivity index (χ4v) is 1.49. The number of carboxylic acid groups (broad SMARTS) is 1. The van der Waals surface area contributed by atoms with Gasteiger partial charge in [-0.3, -0.25) is 0 Å². The van der Waals surface area contributed by atoms with E-state index in [1.807, 2.05) is 0 Å². The van der Waals surface area contributed by atoms with Gasteiger partial charge in [-0.05, 0) is 23.8 Å². The van der Waals surface area contributed by atoms with Crippen molar-refractivity contribution in [2.24, 2.45) is 4.99 Å². The fourth-order valence-electron chi connectivity index (χ4n) is 1.29. The number of aliphatic imine (C=N–C) groups is 1. The molecule has 1 N–H and O–H groups in total. The van der Waals surface area contributed by atoms with Gasteiger partial charge in [0, 0.05) is 11.4 Å². The van der Waals surface area contributed by atoms with Crippen LogP contribution in [0.5, 0.6) is 0 Å². The number of benzene rings is 1. The van der Waals surface area contributed by atoms with Crippen LogP contribution in [-0.4, -0.2) is 16.8 Å². The van der Waals surface area contributed by atoms with Gasteiger partial charge in [-0.25, -0.2) is 9.79 Å². The van der Waals surface area contributed by atoms with E-state index in [2.05, 4.69) is 4.99 Å². The Bertz CT molecular complexity index is 412. The van der Waals surface area contributed by atoms with Crippen LogP contribution in [0, 0.1) is 0 Å². The van der Waals surface area contributed by atoms with Crippen LogP contribution in [0.1, 0.15) is 5.56 Å². The molecule has 2 rings (SSSR count). The minimum Gasteiger partial charge on any atom is -0.477 e. The quantitative estimate of drug-likeness (QED) is 0.746. The highest BCUT2D eigenvalue weighted by atomic mass is 35.5. The predicted molar refractivity (Wildman–Crippen MR) is 49.9 cm³/mol. The molecule has 0 saturated carbocycles. The number of halogens is 1. The van der Waals surface area contributed by atoms with E-state index in [0.717, 1.165) is 5.56 Å². The normalized spacial score (nSPS) is 13.8.